The Morgan fingerprint density at radius 2 is 1.71 bits per heavy atom. The van der Waals surface area contributed by atoms with E-state index in [1.54, 1.807) is 0 Å². The summed E-state index contributed by atoms with van der Waals surface area (Å²) in [6, 6.07) is 16.6. The molecule has 0 aromatic heterocycles. The monoisotopic (exact) mass is 281 g/mol. The molecule has 4 N–H and O–H groups in total. The largest absolute Gasteiger partial charge is 0.399 e. The zero-order chi connectivity index (χ0) is 15.3. The number of nitrogen functional groups attached to an aromatic ring is 1. The minimum atomic E-state index is 0.118. The van der Waals surface area contributed by atoms with Crippen molar-refractivity contribution in [2.75, 3.05) is 12.8 Å². The summed E-state index contributed by atoms with van der Waals surface area (Å²) in [6.45, 7) is 4.59. The first-order chi connectivity index (χ1) is 10.0. The van der Waals surface area contributed by atoms with Gasteiger partial charge in [-0.2, -0.15) is 0 Å². The summed E-state index contributed by atoms with van der Waals surface area (Å²) in [4.78, 5) is 0. The maximum Gasteiger partial charge on any atom is 0.133 e. The van der Waals surface area contributed by atoms with E-state index < -0.39 is 0 Å². The third kappa shape index (κ3) is 3.96. The molecule has 110 valence electrons. The maximum absolute atomic E-state index is 5.70. The van der Waals surface area contributed by atoms with Crippen LogP contribution in [0.15, 0.2) is 54.6 Å². The number of rotatable bonds is 5. The van der Waals surface area contributed by atoms with Crippen LogP contribution in [0, 0.1) is 0 Å². The van der Waals surface area contributed by atoms with Crippen LogP contribution < -0.4 is 11.1 Å². The van der Waals surface area contributed by atoms with Gasteiger partial charge >= 0.3 is 0 Å². The number of quaternary nitrogens is 1. The van der Waals surface area contributed by atoms with Crippen molar-refractivity contribution in [3.63, 3.8) is 0 Å². The van der Waals surface area contributed by atoms with E-state index in [9.17, 15) is 0 Å². The van der Waals surface area contributed by atoms with Crippen LogP contribution in [0.4, 0.5) is 11.4 Å². The Hall–Kier alpha value is -2.06. The SMILES string of the molecule is C[NH2+]c1ccccc1C(C)(C)C/C=C/c1ccc(N)cc1. The zero-order valence-corrected chi connectivity index (χ0v) is 13.1. The Balaban J connectivity index is 2.12. The van der Waals surface area contributed by atoms with Gasteiger partial charge in [0, 0.05) is 11.3 Å². The number of allylic oxidation sites excluding steroid dienone is 1. The van der Waals surface area contributed by atoms with Crippen molar-refractivity contribution < 1.29 is 5.32 Å². The van der Waals surface area contributed by atoms with E-state index in [-0.39, 0.29) is 5.41 Å². The molecule has 0 heterocycles. The van der Waals surface area contributed by atoms with Gasteiger partial charge in [-0.15, -0.1) is 0 Å². The second-order valence-electron chi connectivity index (χ2n) is 6.03. The van der Waals surface area contributed by atoms with E-state index in [4.69, 9.17) is 5.73 Å². The Kier molecular flexibility index (Phi) is 4.81. The normalized spacial score (nSPS) is 12.0. The molecule has 2 nitrogen and oxygen atoms in total. The molecule has 0 saturated carbocycles. The van der Waals surface area contributed by atoms with Crippen LogP contribution in [0.5, 0.6) is 0 Å². The molecule has 2 heteroatoms. The van der Waals surface area contributed by atoms with Gasteiger partial charge in [0.25, 0.3) is 0 Å². The number of hydrogen-bond acceptors (Lipinski definition) is 1. The fourth-order valence-electron chi connectivity index (χ4n) is 2.57. The molecule has 0 saturated heterocycles. The second kappa shape index (κ2) is 6.59. The van der Waals surface area contributed by atoms with E-state index in [1.807, 2.05) is 24.3 Å². The molecule has 0 radical (unpaired) electrons. The quantitative estimate of drug-likeness (QED) is 0.810. The molecule has 21 heavy (non-hydrogen) atoms. The van der Waals surface area contributed by atoms with Gasteiger partial charge in [0.05, 0.1) is 7.05 Å². The molecule has 2 rings (SSSR count). The molecule has 0 bridgehead atoms. The molecule has 0 spiro atoms. The van der Waals surface area contributed by atoms with Crippen LogP contribution in [0.1, 0.15) is 31.4 Å². The van der Waals surface area contributed by atoms with Crippen molar-refractivity contribution in [2.24, 2.45) is 0 Å². The van der Waals surface area contributed by atoms with E-state index in [0.29, 0.717) is 0 Å². The van der Waals surface area contributed by atoms with Crippen molar-refractivity contribution in [2.45, 2.75) is 25.7 Å². The molecule has 0 fully saturated rings. The summed E-state index contributed by atoms with van der Waals surface area (Å²) < 4.78 is 0. The third-order valence-corrected chi connectivity index (χ3v) is 3.88. The average molecular weight is 281 g/mol. The van der Waals surface area contributed by atoms with Crippen LogP contribution >= 0.6 is 0 Å². The molecule has 0 aliphatic carbocycles. The van der Waals surface area contributed by atoms with Crippen molar-refractivity contribution in [1.82, 2.24) is 0 Å². The maximum atomic E-state index is 5.70. The van der Waals surface area contributed by atoms with E-state index >= 15 is 0 Å². The first-order valence-corrected chi connectivity index (χ1v) is 7.44. The molecule has 0 aliphatic heterocycles. The van der Waals surface area contributed by atoms with Crippen LogP contribution in [0.3, 0.4) is 0 Å². The molecule has 2 aromatic rings. The number of para-hydroxylation sites is 1. The summed E-state index contributed by atoms with van der Waals surface area (Å²) in [5.41, 5.74) is 10.5. The van der Waals surface area contributed by atoms with Crippen LogP contribution in [-0.2, 0) is 5.41 Å². The van der Waals surface area contributed by atoms with Gasteiger partial charge in [-0.05, 0) is 35.6 Å². The predicted molar refractivity (Wildman–Crippen MR) is 91.5 cm³/mol. The van der Waals surface area contributed by atoms with Crippen LogP contribution in [0.25, 0.3) is 6.08 Å². The van der Waals surface area contributed by atoms with Gasteiger partial charge in [0.15, 0.2) is 0 Å². The number of nitrogens with two attached hydrogens (primary N) is 2. The molecular formula is C19H25N2+. The first kappa shape index (κ1) is 15.3. The van der Waals surface area contributed by atoms with Crippen molar-refractivity contribution in [3.05, 3.63) is 65.7 Å². The van der Waals surface area contributed by atoms with Gasteiger partial charge in [-0.1, -0.05) is 56.3 Å². The lowest BCUT2D eigenvalue weighted by atomic mass is 9.80. The smallest absolute Gasteiger partial charge is 0.133 e. The molecule has 0 amide bonds. The third-order valence-electron chi connectivity index (χ3n) is 3.88. The Morgan fingerprint density at radius 3 is 2.38 bits per heavy atom. The molecular weight excluding hydrogens is 256 g/mol. The lowest BCUT2D eigenvalue weighted by Crippen LogP contribution is -2.73. The van der Waals surface area contributed by atoms with Gasteiger partial charge in [-0.25, -0.2) is 0 Å². The van der Waals surface area contributed by atoms with E-state index in [2.05, 4.69) is 62.6 Å². The van der Waals surface area contributed by atoms with Gasteiger partial charge < -0.3 is 11.1 Å². The predicted octanol–water partition coefficient (Wildman–Crippen LogP) is 3.47. The number of anilines is 1. The minimum absolute atomic E-state index is 0.118. The molecule has 0 atom stereocenters. The van der Waals surface area contributed by atoms with Gasteiger partial charge in [0.2, 0.25) is 0 Å². The standard InChI is InChI=1S/C19H24N2/c1-19(2,17-8-4-5-9-18(17)21-3)14-6-7-15-10-12-16(20)13-11-15/h4-13,21H,14,20H2,1-3H3/p+1/b7-6+. The lowest BCUT2D eigenvalue weighted by Gasteiger charge is -2.24. The Bertz CT molecular complexity index is 610. The highest BCUT2D eigenvalue weighted by Gasteiger charge is 2.23. The second-order valence-corrected chi connectivity index (χ2v) is 6.03. The zero-order valence-electron chi connectivity index (χ0n) is 13.1. The van der Waals surface area contributed by atoms with Gasteiger partial charge in [0.1, 0.15) is 5.69 Å². The Labute approximate surface area is 127 Å². The first-order valence-electron chi connectivity index (χ1n) is 7.44. The number of benzene rings is 2. The molecule has 0 aliphatic rings. The fraction of sp³-hybridized carbons (Fsp3) is 0.263. The summed E-state index contributed by atoms with van der Waals surface area (Å²) in [5, 5.41) is 2.18. The summed E-state index contributed by atoms with van der Waals surface area (Å²) in [7, 11) is 2.10. The summed E-state index contributed by atoms with van der Waals surface area (Å²) in [5.74, 6) is 0. The highest BCUT2D eigenvalue weighted by atomic mass is 14.8. The highest BCUT2D eigenvalue weighted by molar-refractivity contribution is 5.54. The topological polar surface area (TPSA) is 42.6 Å². The minimum Gasteiger partial charge on any atom is -0.399 e. The summed E-state index contributed by atoms with van der Waals surface area (Å²) in [6.07, 6.45) is 5.42. The fourth-order valence-corrected chi connectivity index (χ4v) is 2.57. The average Bonchev–Trinajstić information content (AvgIpc) is 2.49. The van der Waals surface area contributed by atoms with Gasteiger partial charge in [-0.3, -0.25) is 0 Å². The van der Waals surface area contributed by atoms with Crippen LogP contribution in [-0.4, -0.2) is 7.05 Å². The molecule has 2 aromatic carbocycles. The van der Waals surface area contributed by atoms with E-state index in [1.165, 1.54) is 16.8 Å². The lowest BCUT2D eigenvalue weighted by molar-refractivity contribution is -0.540. The highest BCUT2D eigenvalue weighted by Crippen LogP contribution is 2.31. The number of hydrogen-bond donors (Lipinski definition) is 2. The van der Waals surface area contributed by atoms with E-state index in [0.717, 1.165) is 12.1 Å². The van der Waals surface area contributed by atoms with Crippen molar-refractivity contribution in [3.8, 4) is 0 Å². The summed E-state index contributed by atoms with van der Waals surface area (Å²) >= 11 is 0. The van der Waals surface area contributed by atoms with Crippen LogP contribution in [0.2, 0.25) is 0 Å². The van der Waals surface area contributed by atoms with Crippen molar-refractivity contribution >= 4 is 17.5 Å². The van der Waals surface area contributed by atoms with Crippen molar-refractivity contribution in [1.29, 1.82) is 0 Å². The Morgan fingerprint density at radius 1 is 1.05 bits per heavy atom. The molecule has 0 unspecified atom stereocenters.